The van der Waals surface area contributed by atoms with E-state index in [0.717, 1.165) is 18.8 Å². The first-order chi connectivity index (χ1) is 9.17. The largest absolute Gasteiger partial charge is 0.464 e. The van der Waals surface area contributed by atoms with Crippen molar-refractivity contribution in [3.8, 4) is 0 Å². The summed E-state index contributed by atoms with van der Waals surface area (Å²) in [4.78, 5) is 11.7. The summed E-state index contributed by atoms with van der Waals surface area (Å²) in [5, 5.41) is 8.10. The van der Waals surface area contributed by atoms with E-state index in [4.69, 9.17) is 9.47 Å². The maximum absolute atomic E-state index is 11.7. The highest BCUT2D eigenvalue weighted by atomic mass is 16.5. The lowest BCUT2D eigenvalue weighted by Gasteiger charge is -2.27. The minimum atomic E-state index is -0.456. The van der Waals surface area contributed by atoms with E-state index in [9.17, 15) is 4.79 Å². The van der Waals surface area contributed by atoms with Crippen molar-refractivity contribution in [1.29, 1.82) is 0 Å². The van der Waals surface area contributed by atoms with Crippen LogP contribution in [0.5, 0.6) is 0 Å². The summed E-state index contributed by atoms with van der Waals surface area (Å²) < 4.78 is 11.7. The summed E-state index contributed by atoms with van der Waals surface area (Å²) in [5.41, 5.74) is 0.983. The van der Waals surface area contributed by atoms with Gasteiger partial charge in [0.25, 0.3) is 0 Å². The lowest BCUT2D eigenvalue weighted by Crippen LogP contribution is -2.20. The minimum absolute atomic E-state index is 0.267. The summed E-state index contributed by atoms with van der Waals surface area (Å²) in [6.07, 6.45) is 4.51. The molecule has 1 aromatic rings. The van der Waals surface area contributed by atoms with Gasteiger partial charge in [-0.1, -0.05) is 12.1 Å². The highest BCUT2D eigenvalue weighted by Crippen LogP contribution is 2.32. The second-order valence-corrected chi connectivity index (χ2v) is 5.17. The van der Waals surface area contributed by atoms with Crippen LogP contribution in [0, 0.1) is 5.92 Å². The van der Waals surface area contributed by atoms with Crippen molar-refractivity contribution < 1.29 is 14.3 Å². The quantitative estimate of drug-likeness (QED) is 0.780. The van der Waals surface area contributed by atoms with Gasteiger partial charge in [-0.15, -0.1) is 5.10 Å². The summed E-state index contributed by atoms with van der Waals surface area (Å²) >= 11 is 0. The Morgan fingerprint density at radius 2 is 2.00 bits per heavy atom. The number of rotatable bonds is 4. The first-order valence-electron chi connectivity index (χ1n) is 6.68. The first kappa shape index (κ1) is 14.0. The molecule has 0 N–H and O–H groups in total. The third-order valence-corrected chi connectivity index (χ3v) is 3.78. The van der Waals surface area contributed by atoms with E-state index in [1.165, 1.54) is 20.0 Å². The average Bonchev–Trinajstić information content (AvgIpc) is 2.83. The van der Waals surface area contributed by atoms with Crippen LogP contribution in [0.15, 0.2) is 0 Å². The molecule has 0 saturated heterocycles. The normalized spacial score (nSPS) is 23.3. The Morgan fingerprint density at radius 1 is 1.32 bits per heavy atom. The molecule has 2 rings (SSSR count). The Kier molecular flexibility index (Phi) is 4.52. The smallest absolute Gasteiger partial charge is 0.360 e. The number of aromatic nitrogens is 3. The fourth-order valence-electron chi connectivity index (χ4n) is 2.62. The molecule has 0 spiro atoms. The molecule has 0 unspecified atom stereocenters. The second-order valence-electron chi connectivity index (χ2n) is 5.17. The third kappa shape index (κ3) is 2.94. The molecule has 0 bridgehead atoms. The predicted molar refractivity (Wildman–Crippen MR) is 68.7 cm³/mol. The fraction of sp³-hybridized carbons (Fsp3) is 0.769. The molecule has 106 valence electrons. The van der Waals surface area contributed by atoms with E-state index in [-0.39, 0.29) is 5.69 Å². The topological polar surface area (TPSA) is 66.2 Å². The molecular weight excluding hydrogens is 246 g/mol. The molecule has 0 aliphatic heterocycles. The number of ether oxygens (including phenoxy) is 2. The standard InChI is InChI=1S/C13H21N3O3/c1-9-4-6-10(7-5-9)16-11(8-18-2)12(14-15-16)13(17)19-3/h9-10H,4-8H2,1-3H3. The van der Waals surface area contributed by atoms with Crippen LogP contribution < -0.4 is 0 Å². The van der Waals surface area contributed by atoms with Gasteiger partial charge in [-0.3, -0.25) is 0 Å². The highest BCUT2D eigenvalue weighted by molar-refractivity contribution is 5.88. The van der Waals surface area contributed by atoms with Gasteiger partial charge in [0.1, 0.15) is 0 Å². The molecule has 6 heteroatoms. The van der Waals surface area contributed by atoms with Gasteiger partial charge in [-0.2, -0.15) is 0 Å². The van der Waals surface area contributed by atoms with Gasteiger partial charge in [0.05, 0.1) is 25.5 Å². The second kappa shape index (κ2) is 6.14. The Hall–Kier alpha value is -1.43. The molecular formula is C13H21N3O3. The van der Waals surface area contributed by atoms with E-state index in [0.29, 0.717) is 18.3 Å². The minimum Gasteiger partial charge on any atom is -0.464 e. The molecule has 0 aromatic carbocycles. The molecule has 19 heavy (non-hydrogen) atoms. The maximum atomic E-state index is 11.7. The van der Waals surface area contributed by atoms with E-state index in [1.54, 1.807) is 7.11 Å². The monoisotopic (exact) mass is 267 g/mol. The zero-order valence-corrected chi connectivity index (χ0v) is 11.8. The lowest BCUT2D eigenvalue weighted by atomic mass is 9.87. The van der Waals surface area contributed by atoms with Crippen LogP contribution in [0.3, 0.4) is 0 Å². The van der Waals surface area contributed by atoms with E-state index in [1.807, 2.05) is 4.68 Å². The van der Waals surface area contributed by atoms with Crippen molar-refractivity contribution >= 4 is 5.97 Å². The van der Waals surface area contributed by atoms with Crippen LogP contribution in [0.1, 0.15) is 54.8 Å². The molecule has 1 heterocycles. The van der Waals surface area contributed by atoms with Crippen LogP contribution in [-0.2, 0) is 16.1 Å². The number of carbonyl (C=O) groups is 1. The zero-order chi connectivity index (χ0) is 13.8. The average molecular weight is 267 g/mol. The fourth-order valence-corrected chi connectivity index (χ4v) is 2.62. The van der Waals surface area contributed by atoms with Gasteiger partial charge >= 0.3 is 5.97 Å². The van der Waals surface area contributed by atoms with Crippen LogP contribution >= 0.6 is 0 Å². The van der Waals surface area contributed by atoms with Crippen molar-refractivity contribution in [2.45, 2.75) is 45.3 Å². The Balaban J connectivity index is 2.24. The zero-order valence-electron chi connectivity index (χ0n) is 11.8. The number of hydrogen-bond donors (Lipinski definition) is 0. The highest BCUT2D eigenvalue weighted by Gasteiger charge is 2.27. The van der Waals surface area contributed by atoms with Crippen molar-refractivity contribution in [2.24, 2.45) is 5.92 Å². The summed E-state index contributed by atoms with van der Waals surface area (Å²) in [5.74, 6) is 0.313. The van der Waals surface area contributed by atoms with E-state index >= 15 is 0 Å². The van der Waals surface area contributed by atoms with Gasteiger partial charge in [-0.05, 0) is 31.6 Å². The molecule has 1 aliphatic carbocycles. The first-order valence-corrected chi connectivity index (χ1v) is 6.68. The molecule has 0 radical (unpaired) electrons. The van der Waals surface area contributed by atoms with Gasteiger partial charge in [0.15, 0.2) is 5.69 Å². The Bertz CT molecular complexity index is 436. The van der Waals surface area contributed by atoms with Crippen LogP contribution in [0.25, 0.3) is 0 Å². The molecule has 1 aliphatic rings. The lowest BCUT2D eigenvalue weighted by molar-refractivity contribution is 0.0588. The summed E-state index contributed by atoms with van der Waals surface area (Å²) in [7, 11) is 2.95. The van der Waals surface area contributed by atoms with Crippen molar-refractivity contribution in [2.75, 3.05) is 14.2 Å². The van der Waals surface area contributed by atoms with Gasteiger partial charge < -0.3 is 9.47 Å². The van der Waals surface area contributed by atoms with Crippen LogP contribution in [-0.4, -0.2) is 35.2 Å². The number of nitrogens with zero attached hydrogens (tertiary/aromatic N) is 3. The molecule has 1 fully saturated rings. The third-order valence-electron chi connectivity index (χ3n) is 3.78. The van der Waals surface area contributed by atoms with Crippen LogP contribution in [0.4, 0.5) is 0 Å². The molecule has 0 amide bonds. The van der Waals surface area contributed by atoms with Crippen molar-refractivity contribution in [3.63, 3.8) is 0 Å². The van der Waals surface area contributed by atoms with E-state index in [2.05, 4.69) is 17.2 Å². The number of esters is 1. The van der Waals surface area contributed by atoms with Crippen molar-refractivity contribution in [1.82, 2.24) is 15.0 Å². The molecule has 0 atom stereocenters. The number of methoxy groups -OCH3 is 2. The van der Waals surface area contributed by atoms with Gasteiger partial charge in [-0.25, -0.2) is 9.48 Å². The number of hydrogen-bond acceptors (Lipinski definition) is 5. The number of carbonyl (C=O) groups excluding carboxylic acids is 1. The van der Waals surface area contributed by atoms with Crippen molar-refractivity contribution in [3.05, 3.63) is 11.4 Å². The summed E-state index contributed by atoms with van der Waals surface area (Å²) in [6, 6.07) is 0.312. The van der Waals surface area contributed by atoms with Crippen LogP contribution in [0.2, 0.25) is 0 Å². The summed E-state index contributed by atoms with van der Waals surface area (Å²) in [6.45, 7) is 2.59. The molecule has 6 nitrogen and oxygen atoms in total. The molecule has 1 aromatic heterocycles. The maximum Gasteiger partial charge on any atom is 0.360 e. The molecule has 1 saturated carbocycles. The Labute approximate surface area is 113 Å². The van der Waals surface area contributed by atoms with Gasteiger partial charge in [0.2, 0.25) is 0 Å². The predicted octanol–water partition coefficient (Wildman–Crippen LogP) is 1.96. The Morgan fingerprint density at radius 3 is 2.58 bits per heavy atom. The van der Waals surface area contributed by atoms with E-state index < -0.39 is 5.97 Å². The SMILES string of the molecule is COCc1c(C(=O)OC)nnn1C1CCC(C)CC1. The van der Waals surface area contributed by atoms with Gasteiger partial charge in [0, 0.05) is 7.11 Å².